The zero-order chi connectivity index (χ0) is 12.0. The molecule has 0 fully saturated rings. The van der Waals surface area contributed by atoms with E-state index in [9.17, 15) is 9.59 Å². The van der Waals surface area contributed by atoms with Crippen LogP contribution in [0.4, 0.5) is 0 Å². The summed E-state index contributed by atoms with van der Waals surface area (Å²) in [5, 5.41) is 2.59. The van der Waals surface area contributed by atoms with E-state index in [1.807, 2.05) is 13.8 Å². The summed E-state index contributed by atoms with van der Waals surface area (Å²) in [5.41, 5.74) is 0.382. The first-order chi connectivity index (χ1) is 6.88. The van der Waals surface area contributed by atoms with E-state index in [1.165, 1.54) is 7.11 Å². The van der Waals surface area contributed by atoms with Gasteiger partial charge in [-0.25, -0.2) is 4.79 Å². The van der Waals surface area contributed by atoms with Crippen molar-refractivity contribution in [3.05, 3.63) is 12.2 Å². The van der Waals surface area contributed by atoms with Gasteiger partial charge < -0.3 is 10.1 Å². The maximum atomic E-state index is 11.3. The van der Waals surface area contributed by atoms with Crippen LogP contribution in [0.25, 0.3) is 0 Å². The Morgan fingerprint density at radius 2 is 1.93 bits per heavy atom. The molecule has 0 aromatic carbocycles. The molecule has 0 aliphatic rings. The highest BCUT2D eigenvalue weighted by Gasteiger charge is 2.22. The molecule has 0 aromatic heterocycles. The zero-order valence-corrected chi connectivity index (χ0v) is 9.79. The summed E-state index contributed by atoms with van der Waals surface area (Å²) >= 11 is 0. The lowest BCUT2D eigenvalue weighted by Crippen LogP contribution is -2.42. The van der Waals surface area contributed by atoms with Gasteiger partial charge in [0.05, 0.1) is 7.11 Å². The molecule has 0 heterocycles. The number of ether oxygens (including phenoxy) is 1. The van der Waals surface area contributed by atoms with Crippen molar-refractivity contribution in [1.29, 1.82) is 0 Å². The van der Waals surface area contributed by atoms with Gasteiger partial charge in [0, 0.05) is 5.57 Å². The minimum absolute atomic E-state index is 0.305. The van der Waals surface area contributed by atoms with Crippen LogP contribution < -0.4 is 5.32 Å². The van der Waals surface area contributed by atoms with E-state index in [0.717, 1.165) is 0 Å². The van der Waals surface area contributed by atoms with Crippen LogP contribution >= 0.6 is 0 Å². The van der Waals surface area contributed by atoms with E-state index in [0.29, 0.717) is 17.9 Å². The van der Waals surface area contributed by atoms with E-state index in [-0.39, 0.29) is 5.91 Å². The standard InChI is InChI=1S/C11H19NO3/c1-7(2)6-9(11(14)15-5)12-10(13)8(3)4/h7,9H,3,6H2,1-2,4-5H3,(H,12,13)/t9-/m0/s1. The van der Waals surface area contributed by atoms with Crippen LogP contribution in [0.5, 0.6) is 0 Å². The van der Waals surface area contributed by atoms with Crippen molar-refractivity contribution in [2.45, 2.75) is 33.2 Å². The van der Waals surface area contributed by atoms with E-state index in [1.54, 1.807) is 6.92 Å². The molecule has 4 heteroatoms. The molecule has 0 saturated heterocycles. The highest BCUT2D eigenvalue weighted by Crippen LogP contribution is 2.06. The fraction of sp³-hybridized carbons (Fsp3) is 0.636. The average Bonchev–Trinajstić information content (AvgIpc) is 2.14. The number of carbonyl (C=O) groups is 2. The Labute approximate surface area is 90.7 Å². The Hall–Kier alpha value is -1.32. The molecule has 1 N–H and O–H groups in total. The lowest BCUT2D eigenvalue weighted by atomic mass is 10.0. The quantitative estimate of drug-likeness (QED) is 0.552. The topological polar surface area (TPSA) is 55.4 Å². The normalized spacial score (nSPS) is 12.1. The van der Waals surface area contributed by atoms with Gasteiger partial charge in [-0.1, -0.05) is 20.4 Å². The molecule has 0 radical (unpaired) electrons. The average molecular weight is 213 g/mol. The van der Waals surface area contributed by atoms with Crippen molar-refractivity contribution in [2.75, 3.05) is 7.11 Å². The Morgan fingerprint density at radius 1 is 1.40 bits per heavy atom. The first kappa shape index (κ1) is 13.7. The first-order valence-corrected chi connectivity index (χ1v) is 4.92. The molecule has 0 aliphatic heterocycles. The number of hydrogen-bond donors (Lipinski definition) is 1. The second-order valence-electron chi connectivity index (χ2n) is 3.96. The van der Waals surface area contributed by atoms with Gasteiger partial charge in [-0.3, -0.25) is 4.79 Å². The van der Waals surface area contributed by atoms with Crippen LogP contribution in [0.15, 0.2) is 12.2 Å². The predicted octanol–water partition coefficient (Wildman–Crippen LogP) is 1.27. The van der Waals surface area contributed by atoms with Crippen molar-refractivity contribution < 1.29 is 14.3 Å². The van der Waals surface area contributed by atoms with Crippen LogP contribution in [0.2, 0.25) is 0 Å². The van der Waals surface area contributed by atoms with Crippen LogP contribution in [0.3, 0.4) is 0 Å². The molecule has 0 saturated carbocycles. The Bertz CT molecular complexity index is 259. The van der Waals surface area contributed by atoms with Gasteiger partial charge >= 0.3 is 5.97 Å². The van der Waals surface area contributed by atoms with Crippen molar-refractivity contribution >= 4 is 11.9 Å². The lowest BCUT2D eigenvalue weighted by Gasteiger charge is -2.18. The van der Waals surface area contributed by atoms with Crippen LogP contribution in [-0.2, 0) is 14.3 Å². The summed E-state index contributed by atoms with van der Waals surface area (Å²) in [4.78, 5) is 22.7. The predicted molar refractivity (Wildman–Crippen MR) is 58.2 cm³/mol. The number of nitrogens with one attached hydrogen (secondary N) is 1. The fourth-order valence-electron chi connectivity index (χ4n) is 1.11. The highest BCUT2D eigenvalue weighted by atomic mass is 16.5. The van der Waals surface area contributed by atoms with Gasteiger partial charge in [-0.05, 0) is 19.3 Å². The molecular formula is C11H19NO3. The molecule has 0 spiro atoms. The Kier molecular flexibility index (Phi) is 5.67. The van der Waals surface area contributed by atoms with E-state index in [4.69, 9.17) is 0 Å². The first-order valence-electron chi connectivity index (χ1n) is 4.92. The molecule has 0 rings (SSSR count). The van der Waals surface area contributed by atoms with Crippen LogP contribution in [-0.4, -0.2) is 25.0 Å². The smallest absolute Gasteiger partial charge is 0.328 e. The SMILES string of the molecule is C=C(C)C(=O)N[C@@H](CC(C)C)C(=O)OC. The van der Waals surface area contributed by atoms with Crippen LogP contribution in [0.1, 0.15) is 27.2 Å². The third-order valence-electron chi connectivity index (χ3n) is 1.89. The molecule has 0 aliphatic carbocycles. The molecule has 86 valence electrons. The van der Waals surface area contributed by atoms with Gasteiger partial charge in [0.2, 0.25) is 5.91 Å². The maximum Gasteiger partial charge on any atom is 0.328 e. The van der Waals surface area contributed by atoms with Gasteiger partial charge in [0.25, 0.3) is 0 Å². The second kappa shape index (κ2) is 6.22. The fourth-order valence-corrected chi connectivity index (χ4v) is 1.11. The van der Waals surface area contributed by atoms with Gasteiger partial charge in [0.1, 0.15) is 6.04 Å². The minimum atomic E-state index is -0.584. The Balaban J connectivity index is 4.44. The molecule has 1 amide bonds. The van der Waals surface area contributed by atoms with Crippen molar-refractivity contribution in [3.8, 4) is 0 Å². The number of hydrogen-bond acceptors (Lipinski definition) is 3. The molecule has 1 atom stereocenters. The number of carbonyl (C=O) groups excluding carboxylic acids is 2. The minimum Gasteiger partial charge on any atom is -0.467 e. The molecule has 4 nitrogen and oxygen atoms in total. The summed E-state index contributed by atoms with van der Waals surface area (Å²) in [5.74, 6) is -0.427. The number of rotatable bonds is 5. The maximum absolute atomic E-state index is 11.3. The number of amides is 1. The van der Waals surface area contributed by atoms with Gasteiger partial charge in [-0.15, -0.1) is 0 Å². The van der Waals surface area contributed by atoms with Crippen molar-refractivity contribution in [2.24, 2.45) is 5.92 Å². The largest absolute Gasteiger partial charge is 0.467 e. The molecule has 15 heavy (non-hydrogen) atoms. The summed E-state index contributed by atoms with van der Waals surface area (Å²) in [6, 6.07) is -0.584. The molecule has 0 aromatic rings. The monoisotopic (exact) mass is 213 g/mol. The number of esters is 1. The molecular weight excluding hydrogens is 194 g/mol. The summed E-state index contributed by atoms with van der Waals surface area (Å²) in [6.07, 6.45) is 0.561. The lowest BCUT2D eigenvalue weighted by molar-refractivity contribution is -0.145. The summed E-state index contributed by atoms with van der Waals surface area (Å²) in [7, 11) is 1.31. The van der Waals surface area contributed by atoms with E-state index in [2.05, 4.69) is 16.6 Å². The summed E-state index contributed by atoms with van der Waals surface area (Å²) in [6.45, 7) is 9.05. The third-order valence-corrected chi connectivity index (χ3v) is 1.89. The number of methoxy groups -OCH3 is 1. The third kappa shape index (κ3) is 5.20. The molecule has 0 bridgehead atoms. The zero-order valence-electron chi connectivity index (χ0n) is 9.79. The Morgan fingerprint density at radius 3 is 2.27 bits per heavy atom. The molecule has 0 unspecified atom stereocenters. The van der Waals surface area contributed by atoms with Crippen LogP contribution in [0, 0.1) is 5.92 Å². The highest BCUT2D eigenvalue weighted by molar-refractivity contribution is 5.95. The van der Waals surface area contributed by atoms with Gasteiger partial charge in [0.15, 0.2) is 0 Å². The summed E-state index contributed by atoms with van der Waals surface area (Å²) < 4.78 is 4.61. The van der Waals surface area contributed by atoms with E-state index >= 15 is 0 Å². The van der Waals surface area contributed by atoms with Crippen molar-refractivity contribution in [3.63, 3.8) is 0 Å². The van der Waals surface area contributed by atoms with E-state index < -0.39 is 12.0 Å². The van der Waals surface area contributed by atoms with Crippen molar-refractivity contribution in [1.82, 2.24) is 5.32 Å². The van der Waals surface area contributed by atoms with Gasteiger partial charge in [-0.2, -0.15) is 0 Å². The second-order valence-corrected chi connectivity index (χ2v) is 3.96.